The Balaban J connectivity index is 2.12. The van der Waals surface area contributed by atoms with Crippen molar-refractivity contribution in [2.75, 3.05) is 0 Å². The molecule has 3 nitrogen and oxygen atoms in total. The van der Waals surface area contributed by atoms with Gasteiger partial charge in [0.1, 0.15) is 6.10 Å². The first-order chi connectivity index (χ1) is 9.10. The fourth-order valence-electron chi connectivity index (χ4n) is 2.95. The predicted molar refractivity (Wildman–Crippen MR) is 74.7 cm³/mol. The summed E-state index contributed by atoms with van der Waals surface area (Å²) < 4.78 is 6.08. The summed E-state index contributed by atoms with van der Waals surface area (Å²) in [6, 6.07) is 5.56. The zero-order valence-corrected chi connectivity index (χ0v) is 12.0. The maximum absolute atomic E-state index is 8.92. The minimum Gasteiger partial charge on any atom is -0.474 e. The van der Waals surface area contributed by atoms with E-state index < -0.39 is 0 Å². The van der Waals surface area contributed by atoms with Crippen molar-refractivity contribution in [2.45, 2.75) is 46.1 Å². The van der Waals surface area contributed by atoms with E-state index in [-0.39, 0.29) is 6.10 Å². The highest BCUT2D eigenvalue weighted by Gasteiger charge is 2.32. The number of nitriles is 1. The van der Waals surface area contributed by atoms with Gasteiger partial charge in [-0.1, -0.05) is 27.2 Å². The van der Waals surface area contributed by atoms with E-state index in [4.69, 9.17) is 10.00 Å². The molecule has 1 aromatic heterocycles. The van der Waals surface area contributed by atoms with Crippen LogP contribution < -0.4 is 4.74 Å². The number of pyridine rings is 1. The molecule has 0 bridgehead atoms. The molecule has 0 aliphatic heterocycles. The van der Waals surface area contributed by atoms with Gasteiger partial charge in [-0.15, -0.1) is 0 Å². The van der Waals surface area contributed by atoms with Gasteiger partial charge in [-0.25, -0.2) is 4.98 Å². The highest BCUT2D eigenvalue weighted by atomic mass is 16.5. The molecule has 3 heteroatoms. The molecule has 1 aliphatic rings. The molecule has 2 rings (SSSR count). The fraction of sp³-hybridized carbons (Fsp3) is 0.625. The van der Waals surface area contributed by atoms with E-state index in [1.165, 1.54) is 12.8 Å². The summed E-state index contributed by atoms with van der Waals surface area (Å²) in [5.74, 6) is 2.50. The molecular formula is C16H22N2O. The lowest BCUT2D eigenvalue weighted by atomic mass is 9.75. The average Bonchev–Trinajstić information content (AvgIpc) is 2.38. The quantitative estimate of drug-likeness (QED) is 0.828. The Bertz CT molecular complexity index is 464. The first kappa shape index (κ1) is 13.9. The molecule has 19 heavy (non-hydrogen) atoms. The van der Waals surface area contributed by atoms with Crippen LogP contribution in [0.3, 0.4) is 0 Å². The topological polar surface area (TPSA) is 45.9 Å². The smallest absolute Gasteiger partial charge is 0.214 e. The normalized spacial score (nSPS) is 27.0. The van der Waals surface area contributed by atoms with Gasteiger partial charge < -0.3 is 4.74 Å². The molecule has 1 fully saturated rings. The highest BCUT2D eigenvalue weighted by Crippen LogP contribution is 2.35. The zero-order valence-electron chi connectivity index (χ0n) is 12.0. The first-order valence-electron chi connectivity index (χ1n) is 7.13. The van der Waals surface area contributed by atoms with Crippen LogP contribution >= 0.6 is 0 Å². The Morgan fingerprint density at radius 2 is 2.21 bits per heavy atom. The van der Waals surface area contributed by atoms with Crippen LogP contribution in [0.5, 0.6) is 5.88 Å². The summed E-state index contributed by atoms with van der Waals surface area (Å²) in [6.45, 7) is 6.80. The minimum atomic E-state index is 0.227. The SMILES string of the molecule is CC1CCC(C(C)C)C(Oc2cc(C#N)ccn2)C1. The van der Waals surface area contributed by atoms with Crippen molar-refractivity contribution in [3.63, 3.8) is 0 Å². The molecule has 0 radical (unpaired) electrons. The third-order valence-corrected chi connectivity index (χ3v) is 4.10. The molecule has 0 spiro atoms. The summed E-state index contributed by atoms with van der Waals surface area (Å²) in [7, 11) is 0. The van der Waals surface area contributed by atoms with Gasteiger partial charge in [0.15, 0.2) is 0 Å². The largest absolute Gasteiger partial charge is 0.474 e. The minimum absolute atomic E-state index is 0.227. The third-order valence-electron chi connectivity index (χ3n) is 4.10. The van der Waals surface area contributed by atoms with Crippen LogP contribution in [0, 0.1) is 29.1 Å². The van der Waals surface area contributed by atoms with Gasteiger partial charge in [-0.05, 0) is 36.7 Å². The van der Waals surface area contributed by atoms with Gasteiger partial charge in [0.25, 0.3) is 0 Å². The van der Waals surface area contributed by atoms with E-state index in [0.717, 1.165) is 6.42 Å². The average molecular weight is 258 g/mol. The number of aromatic nitrogens is 1. The molecule has 0 N–H and O–H groups in total. The van der Waals surface area contributed by atoms with E-state index in [1.54, 1.807) is 18.3 Å². The van der Waals surface area contributed by atoms with Crippen molar-refractivity contribution in [3.8, 4) is 11.9 Å². The van der Waals surface area contributed by atoms with Crippen molar-refractivity contribution >= 4 is 0 Å². The second-order valence-electron chi connectivity index (χ2n) is 5.98. The molecule has 1 heterocycles. The van der Waals surface area contributed by atoms with Crippen LogP contribution in [0.4, 0.5) is 0 Å². The second-order valence-corrected chi connectivity index (χ2v) is 5.98. The Kier molecular flexibility index (Phi) is 4.42. The zero-order chi connectivity index (χ0) is 13.8. The maximum Gasteiger partial charge on any atom is 0.214 e. The van der Waals surface area contributed by atoms with Gasteiger partial charge in [-0.3, -0.25) is 0 Å². The van der Waals surface area contributed by atoms with Crippen LogP contribution in [0.2, 0.25) is 0 Å². The van der Waals surface area contributed by atoms with Crippen LogP contribution in [-0.2, 0) is 0 Å². The fourth-order valence-corrected chi connectivity index (χ4v) is 2.95. The van der Waals surface area contributed by atoms with E-state index in [0.29, 0.717) is 29.2 Å². The number of rotatable bonds is 3. The Morgan fingerprint density at radius 3 is 2.89 bits per heavy atom. The van der Waals surface area contributed by atoms with Crippen LogP contribution in [0.1, 0.15) is 45.6 Å². The molecule has 0 saturated heterocycles. The van der Waals surface area contributed by atoms with Gasteiger partial charge in [-0.2, -0.15) is 5.26 Å². The van der Waals surface area contributed by atoms with Crippen molar-refractivity contribution in [2.24, 2.45) is 17.8 Å². The van der Waals surface area contributed by atoms with Crippen LogP contribution in [-0.4, -0.2) is 11.1 Å². The van der Waals surface area contributed by atoms with Crippen LogP contribution in [0.15, 0.2) is 18.3 Å². The number of nitrogens with zero attached hydrogens (tertiary/aromatic N) is 2. The number of ether oxygens (including phenoxy) is 1. The molecule has 3 atom stereocenters. The third kappa shape index (κ3) is 3.47. The molecule has 1 saturated carbocycles. The lowest BCUT2D eigenvalue weighted by molar-refractivity contribution is 0.0426. The Hall–Kier alpha value is -1.56. The molecule has 3 unspecified atom stereocenters. The Labute approximate surface area is 115 Å². The van der Waals surface area contributed by atoms with Gasteiger partial charge >= 0.3 is 0 Å². The van der Waals surface area contributed by atoms with Gasteiger partial charge in [0.2, 0.25) is 5.88 Å². The lowest BCUT2D eigenvalue weighted by Gasteiger charge is -2.37. The van der Waals surface area contributed by atoms with Crippen molar-refractivity contribution in [1.82, 2.24) is 4.98 Å². The van der Waals surface area contributed by atoms with Crippen molar-refractivity contribution in [3.05, 3.63) is 23.9 Å². The summed E-state index contributed by atoms with van der Waals surface area (Å²) in [5, 5.41) is 8.92. The summed E-state index contributed by atoms with van der Waals surface area (Å²) >= 11 is 0. The van der Waals surface area contributed by atoms with Crippen molar-refractivity contribution < 1.29 is 4.74 Å². The molecule has 0 amide bonds. The summed E-state index contributed by atoms with van der Waals surface area (Å²) in [6.07, 6.45) is 5.46. The van der Waals surface area contributed by atoms with E-state index in [9.17, 15) is 0 Å². The monoisotopic (exact) mass is 258 g/mol. The second kappa shape index (κ2) is 6.06. The first-order valence-corrected chi connectivity index (χ1v) is 7.13. The van der Waals surface area contributed by atoms with Crippen LogP contribution in [0.25, 0.3) is 0 Å². The molecule has 102 valence electrons. The predicted octanol–water partition coefficient (Wildman–Crippen LogP) is 3.79. The van der Waals surface area contributed by atoms with Gasteiger partial charge in [0, 0.05) is 12.3 Å². The highest BCUT2D eigenvalue weighted by molar-refractivity contribution is 5.31. The standard InChI is InChI=1S/C16H22N2O/c1-11(2)14-5-4-12(3)8-15(14)19-16-9-13(10-17)6-7-18-16/h6-7,9,11-12,14-15H,4-5,8H2,1-3H3. The molecule has 0 aromatic carbocycles. The molecular weight excluding hydrogens is 236 g/mol. The maximum atomic E-state index is 8.92. The number of hydrogen-bond donors (Lipinski definition) is 0. The molecule has 1 aliphatic carbocycles. The molecule has 1 aromatic rings. The lowest BCUT2D eigenvalue weighted by Crippen LogP contribution is -2.36. The van der Waals surface area contributed by atoms with E-state index in [2.05, 4.69) is 31.8 Å². The number of hydrogen-bond acceptors (Lipinski definition) is 3. The summed E-state index contributed by atoms with van der Waals surface area (Å²) in [5.41, 5.74) is 0.606. The van der Waals surface area contributed by atoms with E-state index >= 15 is 0 Å². The van der Waals surface area contributed by atoms with Gasteiger partial charge in [0.05, 0.1) is 11.6 Å². The van der Waals surface area contributed by atoms with E-state index in [1.807, 2.05) is 0 Å². The Morgan fingerprint density at radius 1 is 1.42 bits per heavy atom. The summed E-state index contributed by atoms with van der Waals surface area (Å²) in [4.78, 5) is 4.23. The van der Waals surface area contributed by atoms with Crippen molar-refractivity contribution in [1.29, 1.82) is 5.26 Å².